The molecule has 1 aliphatic carbocycles. The van der Waals surface area contributed by atoms with E-state index in [1.807, 2.05) is 0 Å². The number of allylic oxidation sites excluding steroid dienone is 2. The molecular formula is C25H35N3O3S. The lowest BCUT2D eigenvalue weighted by atomic mass is 9.99. The van der Waals surface area contributed by atoms with Crippen LogP contribution in [-0.4, -0.2) is 66.8 Å². The summed E-state index contributed by atoms with van der Waals surface area (Å²) in [5.41, 5.74) is 4.17. The zero-order valence-electron chi connectivity index (χ0n) is 19.0. The summed E-state index contributed by atoms with van der Waals surface area (Å²) < 4.78 is 33.0. The zero-order chi connectivity index (χ0) is 22.1. The summed E-state index contributed by atoms with van der Waals surface area (Å²) in [4.78, 5) is 4.85. The standard InChI is InChI=1S/C25H35N3O3S/c1-2-28-23(18-26-16-21-6-3-4-7-22(21)17-26)8-5-9-25(28)31-19-20-12-14-27(15-13-20)32(29,30)24-10-11-24/h3-9,20,24-25H,2,10-19H2,1H3. The van der Waals surface area contributed by atoms with E-state index in [0.29, 0.717) is 25.6 Å². The normalized spacial score (nSPS) is 25.2. The van der Waals surface area contributed by atoms with Gasteiger partial charge in [-0.1, -0.05) is 30.3 Å². The maximum atomic E-state index is 12.5. The Morgan fingerprint density at radius 3 is 2.34 bits per heavy atom. The lowest BCUT2D eigenvalue weighted by Gasteiger charge is -2.37. The molecule has 2 fully saturated rings. The quantitative estimate of drug-likeness (QED) is 0.599. The van der Waals surface area contributed by atoms with E-state index in [-0.39, 0.29) is 11.5 Å². The summed E-state index contributed by atoms with van der Waals surface area (Å²) in [6, 6.07) is 8.71. The molecule has 0 spiro atoms. The molecule has 0 radical (unpaired) electrons. The Hall–Kier alpha value is -1.67. The third kappa shape index (κ3) is 4.67. The number of hydrogen-bond acceptors (Lipinski definition) is 5. The van der Waals surface area contributed by atoms with Gasteiger partial charge >= 0.3 is 0 Å². The first-order valence-electron chi connectivity index (χ1n) is 12.1. The van der Waals surface area contributed by atoms with Gasteiger partial charge in [-0.2, -0.15) is 0 Å². The lowest BCUT2D eigenvalue weighted by Crippen LogP contribution is -2.43. The fourth-order valence-electron chi connectivity index (χ4n) is 5.18. The smallest absolute Gasteiger partial charge is 0.216 e. The predicted octanol–water partition coefficient (Wildman–Crippen LogP) is 3.32. The average molecular weight is 458 g/mol. The van der Waals surface area contributed by atoms with Crippen LogP contribution in [-0.2, 0) is 27.8 Å². The van der Waals surface area contributed by atoms with Crippen molar-refractivity contribution in [3.8, 4) is 0 Å². The van der Waals surface area contributed by atoms with Crippen LogP contribution < -0.4 is 0 Å². The van der Waals surface area contributed by atoms with Crippen molar-refractivity contribution in [1.29, 1.82) is 0 Å². The zero-order valence-corrected chi connectivity index (χ0v) is 19.8. The van der Waals surface area contributed by atoms with Crippen LogP contribution in [0.5, 0.6) is 0 Å². The summed E-state index contributed by atoms with van der Waals surface area (Å²) in [6.45, 7) is 7.99. The highest BCUT2D eigenvalue weighted by Crippen LogP contribution is 2.33. The van der Waals surface area contributed by atoms with Gasteiger partial charge in [0.2, 0.25) is 10.0 Å². The van der Waals surface area contributed by atoms with Gasteiger partial charge in [-0.05, 0) is 61.8 Å². The van der Waals surface area contributed by atoms with E-state index in [0.717, 1.165) is 51.9 Å². The summed E-state index contributed by atoms with van der Waals surface area (Å²) in [6.07, 6.45) is 9.90. The molecule has 174 valence electrons. The molecule has 3 aliphatic heterocycles. The molecule has 6 nitrogen and oxygen atoms in total. The summed E-state index contributed by atoms with van der Waals surface area (Å²) in [5, 5.41) is -0.102. The van der Waals surface area contributed by atoms with Crippen molar-refractivity contribution in [2.45, 2.75) is 57.2 Å². The molecule has 0 aromatic heterocycles. The van der Waals surface area contributed by atoms with E-state index >= 15 is 0 Å². The Bertz CT molecular complexity index is 953. The van der Waals surface area contributed by atoms with Gasteiger partial charge in [-0.25, -0.2) is 12.7 Å². The second-order valence-corrected chi connectivity index (χ2v) is 11.8. The number of likely N-dealkylation sites (N-methyl/N-ethyl adjacent to an activating group) is 1. The number of ether oxygens (including phenoxy) is 1. The van der Waals surface area contributed by atoms with E-state index in [4.69, 9.17) is 4.74 Å². The first-order chi connectivity index (χ1) is 15.5. The van der Waals surface area contributed by atoms with Crippen LogP contribution in [0.1, 0.15) is 43.7 Å². The van der Waals surface area contributed by atoms with Crippen LogP contribution in [0, 0.1) is 5.92 Å². The van der Waals surface area contributed by atoms with Gasteiger partial charge in [-0.15, -0.1) is 0 Å². The van der Waals surface area contributed by atoms with Gasteiger partial charge in [0.15, 0.2) is 0 Å². The molecule has 3 heterocycles. The number of benzene rings is 1. The molecule has 1 atom stereocenters. The largest absolute Gasteiger partial charge is 0.354 e. The summed E-state index contributed by atoms with van der Waals surface area (Å²) >= 11 is 0. The number of hydrogen-bond donors (Lipinski definition) is 0. The minimum absolute atomic E-state index is 0.0433. The van der Waals surface area contributed by atoms with Crippen molar-refractivity contribution in [3.63, 3.8) is 0 Å². The van der Waals surface area contributed by atoms with Crippen molar-refractivity contribution in [3.05, 3.63) is 59.3 Å². The van der Waals surface area contributed by atoms with E-state index in [2.05, 4.69) is 59.2 Å². The molecule has 1 saturated carbocycles. The fraction of sp³-hybridized carbons (Fsp3) is 0.600. The molecule has 1 unspecified atom stereocenters. The highest BCUT2D eigenvalue weighted by Gasteiger charge is 2.41. The Kier molecular flexibility index (Phi) is 6.43. The third-order valence-electron chi connectivity index (χ3n) is 7.25. The molecule has 0 bridgehead atoms. The van der Waals surface area contributed by atoms with E-state index in [1.54, 1.807) is 4.31 Å². The van der Waals surface area contributed by atoms with Crippen LogP contribution >= 0.6 is 0 Å². The maximum Gasteiger partial charge on any atom is 0.216 e. The summed E-state index contributed by atoms with van der Waals surface area (Å²) in [7, 11) is -3.04. The molecule has 7 heteroatoms. The van der Waals surface area contributed by atoms with Crippen LogP contribution in [0.15, 0.2) is 48.2 Å². The minimum Gasteiger partial charge on any atom is -0.354 e. The molecule has 0 N–H and O–H groups in total. The van der Waals surface area contributed by atoms with Crippen molar-refractivity contribution in [2.24, 2.45) is 5.92 Å². The van der Waals surface area contributed by atoms with E-state index in [1.165, 1.54) is 16.8 Å². The van der Waals surface area contributed by atoms with Crippen LogP contribution in [0.2, 0.25) is 0 Å². The molecule has 4 aliphatic rings. The first kappa shape index (κ1) is 22.1. The van der Waals surface area contributed by atoms with Crippen molar-refractivity contribution in [1.82, 2.24) is 14.1 Å². The predicted molar refractivity (Wildman–Crippen MR) is 126 cm³/mol. The number of piperidine rings is 1. The Morgan fingerprint density at radius 2 is 1.72 bits per heavy atom. The highest BCUT2D eigenvalue weighted by molar-refractivity contribution is 7.90. The molecule has 1 saturated heterocycles. The number of fused-ring (bicyclic) bond motifs is 1. The Labute approximate surface area is 192 Å². The molecule has 32 heavy (non-hydrogen) atoms. The van der Waals surface area contributed by atoms with Gasteiger partial charge in [-0.3, -0.25) is 4.90 Å². The van der Waals surface area contributed by atoms with Crippen molar-refractivity contribution < 1.29 is 13.2 Å². The molecular weight excluding hydrogens is 422 g/mol. The van der Waals surface area contributed by atoms with Gasteiger partial charge in [0.1, 0.15) is 6.23 Å². The van der Waals surface area contributed by atoms with Crippen LogP contribution in [0.25, 0.3) is 0 Å². The molecule has 0 amide bonds. The Balaban J connectivity index is 1.12. The molecule has 1 aromatic carbocycles. The number of sulfonamides is 1. The topological polar surface area (TPSA) is 53.1 Å². The van der Waals surface area contributed by atoms with E-state index < -0.39 is 10.0 Å². The van der Waals surface area contributed by atoms with Crippen molar-refractivity contribution >= 4 is 10.0 Å². The molecule has 1 aromatic rings. The van der Waals surface area contributed by atoms with Gasteiger partial charge in [0.05, 0.1) is 11.9 Å². The minimum atomic E-state index is -3.04. The molecule has 5 rings (SSSR count). The average Bonchev–Trinajstić information content (AvgIpc) is 3.59. The fourth-order valence-corrected chi connectivity index (χ4v) is 7.06. The van der Waals surface area contributed by atoms with E-state index in [9.17, 15) is 8.42 Å². The SMILES string of the molecule is CCN1C(CN2Cc3ccccc3C2)=CC=CC1OCC1CCN(S(=O)(=O)C2CC2)CC1. The highest BCUT2D eigenvalue weighted by atomic mass is 32.2. The van der Waals surface area contributed by atoms with Gasteiger partial charge in [0, 0.05) is 45.0 Å². The lowest BCUT2D eigenvalue weighted by molar-refractivity contribution is -0.0346. The first-order valence-corrected chi connectivity index (χ1v) is 13.6. The van der Waals surface area contributed by atoms with Crippen LogP contribution in [0.4, 0.5) is 0 Å². The van der Waals surface area contributed by atoms with Gasteiger partial charge in [0.25, 0.3) is 0 Å². The monoisotopic (exact) mass is 457 g/mol. The second kappa shape index (κ2) is 9.29. The second-order valence-electron chi connectivity index (χ2n) is 9.55. The number of nitrogens with zero attached hydrogens (tertiary/aromatic N) is 3. The Morgan fingerprint density at radius 1 is 1.03 bits per heavy atom. The van der Waals surface area contributed by atoms with Gasteiger partial charge < -0.3 is 9.64 Å². The van der Waals surface area contributed by atoms with Crippen molar-refractivity contribution in [2.75, 3.05) is 32.8 Å². The third-order valence-corrected chi connectivity index (χ3v) is 9.65. The van der Waals surface area contributed by atoms with Crippen LogP contribution in [0.3, 0.4) is 0 Å². The summed E-state index contributed by atoms with van der Waals surface area (Å²) in [5.74, 6) is 0.426. The maximum absolute atomic E-state index is 12.5. The number of rotatable bonds is 8.